The molecule has 1 aromatic heterocycles. The lowest BCUT2D eigenvalue weighted by molar-refractivity contribution is 0.395. The lowest BCUT2D eigenvalue weighted by Crippen LogP contribution is -2.29. The molecule has 1 atom stereocenters. The SMILES string of the molecule is COc1cc(N(C)CC(C)CN)nc(C)n1. The lowest BCUT2D eigenvalue weighted by atomic mass is 10.2. The van der Waals surface area contributed by atoms with Gasteiger partial charge >= 0.3 is 0 Å². The van der Waals surface area contributed by atoms with Crippen LogP contribution < -0.4 is 15.4 Å². The number of methoxy groups -OCH3 is 1. The Morgan fingerprint density at radius 1 is 1.50 bits per heavy atom. The first-order chi connectivity index (χ1) is 7.56. The number of aryl methyl sites for hydroxylation is 1. The van der Waals surface area contributed by atoms with Gasteiger partial charge in [-0.25, -0.2) is 4.98 Å². The van der Waals surface area contributed by atoms with Crippen LogP contribution in [0.2, 0.25) is 0 Å². The quantitative estimate of drug-likeness (QED) is 0.802. The number of rotatable bonds is 5. The van der Waals surface area contributed by atoms with Gasteiger partial charge in [0.05, 0.1) is 7.11 Å². The van der Waals surface area contributed by atoms with Crippen LogP contribution in [0.5, 0.6) is 5.88 Å². The molecule has 1 aromatic rings. The summed E-state index contributed by atoms with van der Waals surface area (Å²) in [4.78, 5) is 10.6. The third-order valence-electron chi connectivity index (χ3n) is 2.39. The highest BCUT2D eigenvalue weighted by Crippen LogP contribution is 2.16. The molecule has 5 heteroatoms. The van der Waals surface area contributed by atoms with Crippen molar-refractivity contribution in [3.63, 3.8) is 0 Å². The van der Waals surface area contributed by atoms with E-state index in [-0.39, 0.29) is 0 Å². The molecule has 1 unspecified atom stereocenters. The van der Waals surface area contributed by atoms with Crippen LogP contribution in [0.3, 0.4) is 0 Å². The summed E-state index contributed by atoms with van der Waals surface area (Å²) in [5, 5.41) is 0. The van der Waals surface area contributed by atoms with E-state index in [9.17, 15) is 0 Å². The molecule has 1 rings (SSSR count). The molecule has 0 aliphatic rings. The van der Waals surface area contributed by atoms with Crippen LogP contribution in [-0.4, -0.2) is 37.2 Å². The van der Waals surface area contributed by atoms with Gasteiger partial charge in [0.25, 0.3) is 0 Å². The third-order valence-corrected chi connectivity index (χ3v) is 2.39. The number of nitrogens with two attached hydrogens (primary N) is 1. The number of aromatic nitrogens is 2. The van der Waals surface area contributed by atoms with Crippen molar-refractivity contribution >= 4 is 5.82 Å². The first-order valence-corrected chi connectivity index (χ1v) is 5.37. The van der Waals surface area contributed by atoms with Gasteiger partial charge in [0.2, 0.25) is 5.88 Å². The van der Waals surface area contributed by atoms with Crippen LogP contribution in [0.15, 0.2) is 6.07 Å². The average molecular weight is 224 g/mol. The van der Waals surface area contributed by atoms with Crippen molar-refractivity contribution in [2.75, 3.05) is 32.1 Å². The van der Waals surface area contributed by atoms with Crippen molar-refractivity contribution in [3.05, 3.63) is 11.9 Å². The molecule has 0 saturated carbocycles. The third kappa shape index (κ3) is 3.34. The molecule has 0 amide bonds. The van der Waals surface area contributed by atoms with Crippen molar-refractivity contribution in [1.82, 2.24) is 9.97 Å². The molecule has 0 aliphatic carbocycles. The molecule has 2 N–H and O–H groups in total. The van der Waals surface area contributed by atoms with E-state index in [1.54, 1.807) is 7.11 Å². The molecule has 0 aliphatic heterocycles. The van der Waals surface area contributed by atoms with Gasteiger partial charge in [-0.2, -0.15) is 4.98 Å². The number of nitrogens with zero attached hydrogens (tertiary/aromatic N) is 3. The van der Waals surface area contributed by atoms with Crippen LogP contribution in [0.25, 0.3) is 0 Å². The van der Waals surface area contributed by atoms with Crippen LogP contribution in [0.4, 0.5) is 5.82 Å². The molecule has 0 spiro atoms. The molecule has 0 radical (unpaired) electrons. The minimum absolute atomic E-state index is 0.436. The summed E-state index contributed by atoms with van der Waals surface area (Å²) < 4.78 is 5.11. The van der Waals surface area contributed by atoms with Gasteiger partial charge < -0.3 is 15.4 Å². The second kappa shape index (κ2) is 5.65. The zero-order chi connectivity index (χ0) is 12.1. The van der Waals surface area contributed by atoms with Gasteiger partial charge in [-0.15, -0.1) is 0 Å². The van der Waals surface area contributed by atoms with Crippen molar-refractivity contribution in [1.29, 1.82) is 0 Å². The smallest absolute Gasteiger partial charge is 0.218 e. The molecule has 16 heavy (non-hydrogen) atoms. The Morgan fingerprint density at radius 2 is 2.19 bits per heavy atom. The first-order valence-electron chi connectivity index (χ1n) is 5.37. The van der Waals surface area contributed by atoms with Crippen molar-refractivity contribution in [2.45, 2.75) is 13.8 Å². The maximum absolute atomic E-state index is 5.60. The van der Waals surface area contributed by atoms with Crippen LogP contribution in [0.1, 0.15) is 12.7 Å². The largest absolute Gasteiger partial charge is 0.481 e. The highest BCUT2D eigenvalue weighted by molar-refractivity contribution is 5.40. The number of hydrogen-bond acceptors (Lipinski definition) is 5. The van der Waals surface area contributed by atoms with Gasteiger partial charge in [-0.05, 0) is 19.4 Å². The van der Waals surface area contributed by atoms with Gasteiger partial charge in [-0.3, -0.25) is 0 Å². The Labute approximate surface area is 96.6 Å². The topological polar surface area (TPSA) is 64.3 Å². The summed E-state index contributed by atoms with van der Waals surface area (Å²) in [6, 6.07) is 1.83. The van der Waals surface area contributed by atoms with E-state index in [4.69, 9.17) is 10.5 Å². The highest BCUT2D eigenvalue weighted by Gasteiger charge is 2.09. The normalized spacial score (nSPS) is 12.3. The van der Waals surface area contributed by atoms with Crippen molar-refractivity contribution < 1.29 is 4.74 Å². The number of hydrogen-bond donors (Lipinski definition) is 1. The van der Waals surface area contributed by atoms with Crippen LogP contribution in [-0.2, 0) is 0 Å². The Kier molecular flexibility index (Phi) is 4.49. The molecule has 0 saturated heterocycles. The summed E-state index contributed by atoms with van der Waals surface area (Å²) in [6.07, 6.45) is 0. The zero-order valence-electron chi connectivity index (χ0n) is 10.4. The minimum atomic E-state index is 0.436. The maximum Gasteiger partial charge on any atom is 0.218 e. The van der Waals surface area contributed by atoms with Crippen LogP contribution >= 0.6 is 0 Å². The molecule has 0 aromatic carbocycles. The summed E-state index contributed by atoms with van der Waals surface area (Å²) >= 11 is 0. The van der Waals surface area contributed by atoms with E-state index in [1.165, 1.54) is 0 Å². The fraction of sp³-hybridized carbons (Fsp3) is 0.636. The monoisotopic (exact) mass is 224 g/mol. The number of anilines is 1. The maximum atomic E-state index is 5.60. The molecular formula is C11H20N4O. The van der Waals surface area contributed by atoms with E-state index >= 15 is 0 Å². The molecule has 5 nitrogen and oxygen atoms in total. The van der Waals surface area contributed by atoms with Gasteiger partial charge in [0, 0.05) is 19.7 Å². The van der Waals surface area contributed by atoms with Crippen molar-refractivity contribution in [3.8, 4) is 5.88 Å². The lowest BCUT2D eigenvalue weighted by Gasteiger charge is -2.22. The van der Waals surface area contributed by atoms with Crippen LogP contribution in [0, 0.1) is 12.8 Å². The molecule has 0 bridgehead atoms. The van der Waals surface area contributed by atoms with Gasteiger partial charge in [0.1, 0.15) is 11.6 Å². The first kappa shape index (κ1) is 12.7. The highest BCUT2D eigenvalue weighted by atomic mass is 16.5. The predicted octanol–water partition coefficient (Wildman–Crippen LogP) is 0.825. The van der Waals surface area contributed by atoms with E-state index in [2.05, 4.69) is 21.8 Å². The standard InChI is InChI=1S/C11H20N4O/c1-8(6-12)7-15(3)10-5-11(16-4)14-9(2)13-10/h5,8H,6-7,12H2,1-4H3. The minimum Gasteiger partial charge on any atom is -0.481 e. The second-order valence-electron chi connectivity index (χ2n) is 4.04. The number of ether oxygens (including phenoxy) is 1. The predicted molar refractivity (Wildman–Crippen MR) is 64.8 cm³/mol. The van der Waals surface area contributed by atoms with Crippen molar-refractivity contribution in [2.24, 2.45) is 11.7 Å². The van der Waals surface area contributed by atoms with E-state index in [0.29, 0.717) is 24.2 Å². The summed E-state index contributed by atoms with van der Waals surface area (Å²) in [7, 11) is 3.60. The molecular weight excluding hydrogens is 204 g/mol. The Hall–Kier alpha value is -1.36. The Bertz CT molecular complexity index is 343. The average Bonchev–Trinajstić information content (AvgIpc) is 2.27. The summed E-state index contributed by atoms with van der Waals surface area (Å²) in [5.74, 6) is 2.60. The van der Waals surface area contributed by atoms with Gasteiger partial charge in [-0.1, -0.05) is 6.92 Å². The molecule has 0 fully saturated rings. The van der Waals surface area contributed by atoms with E-state index in [1.807, 2.05) is 20.0 Å². The zero-order valence-corrected chi connectivity index (χ0v) is 10.4. The Balaban J connectivity index is 2.82. The fourth-order valence-corrected chi connectivity index (χ4v) is 1.46. The summed E-state index contributed by atoms with van der Waals surface area (Å²) in [6.45, 7) is 5.51. The molecule has 90 valence electrons. The van der Waals surface area contributed by atoms with Gasteiger partial charge in [0.15, 0.2) is 0 Å². The van der Waals surface area contributed by atoms with E-state index < -0.39 is 0 Å². The Morgan fingerprint density at radius 3 is 2.75 bits per heavy atom. The second-order valence-corrected chi connectivity index (χ2v) is 4.04. The van der Waals surface area contributed by atoms with E-state index in [0.717, 1.165) is 12.4 Å². The fourth-order valence-electron chi connectivity index (χ4n) is 1.46. The summed E-state index contributed by atoms with van der Waals surface area (Å²) in [5.41, 5.74) is 5.60. The molecule has 1 heterocycles.